The van der Waals surface area contributed by atoms with Gasteiger partial charge in [0.2, 0.25) is 0 Å². The van der Waals surface area contributed by atoms with Crippen LogP contribution in [-0.2, 0) is 6.42 Å². The summed E-state index contributed by atoms with van der Waals surface area (Å²) in [6.45, 7) is 0. The number of phenols is 2. The second kappa shape index (κ2) is 7.53. The van der Waals surface area contributed by atoms with E-state index in [0.29, 0.717) is 16.8 Å². The quantitative estimate of drug-likeness (QED) is 0.484. The Morgan fingerprint density at radius 1 is 0.692 bits per heavy atom. The van der Waals surface area contributed by atoms with E-state index in [2.05, 4.69) is 5.32 Å². The maximum absolute atomic E-state index is 12.3. The average molecular weight is 347 g/mol. The van der Waals surface area contributed by atoms with Crippen LogP contribution in [0.1, 0.15) is 26.3 Å². The van der Waals surface area contributed by atoms with Crippen molar-refractivity contribution in [2.75, 3.05) is 5.32 Å². The Hall–Kier alpha value is -3.60. The molecule has 26 heavy (non-hydrogen) atoms. The van der Waals surface area contributed by atoms with Crippen molar-refractivity contribution in [2.45, 2.75) is 6.42 Å². The molecule has 0 radical (unpaired) electrons. The lowest BCUT2D eigenvalue weighted by Crippen LogP contribution is -2.12. The maximum Gasteiger partial charge on any atom is 0.255 e. The summed E-state index contributed by atoms with van der Waals surface area (Å²) in [4.78, 5) is 24.5. The van der Waals surface area contributed by atoms with Crippen LogP contribution in [0.5, 0.6) is 11.5 Å². The van der Waals surface area contributed by atoms with Gasteiger partial charge in [-0.25, -0.2) is 0 Å². The third kappa shape index (κ3) is 4.27. The molecule has 3 N–H and O–H groups in total. The maximum atomic E-state index is 12.3. The van der Waals surface area contributed by atoms with E-state index < -0.39 is 0 Å². The summed E-state index contributed by atoms with van der Waals surface area (Å²) in [6, 6.07) is 19.1. The highest BCUT2D eigenvalue weighted by atomic mass is 16.3. The van der Waals surface area contributed by atoms with Gasteiger partial charge in [0.25, 0.3) is 5.91 Å². The topological polar surface area (TPSA) is 86.6 Å². The average Bonchev–Trinajstić information content (AvgIpc) is 2.65. The summed E-state index contributed by atoms with van der Waals surface area (Å²) >= 11 is 0. The Morgan fingerprint density at radius 2 is 1.19 bits per heavy atom. The zero-order chi connectivity index (χ0) is 18.5. The molecule has 0 heterocycles. The minimum atomic E-state index is -0.298. The van der Waals surface area contributed by atoms with Gasteiger partial charge in [0.1, 0.15) is 11.5 Å². The first-order chi connectivity index (χ1) is 12.5. The van der Waals surface area contributed by atoms with Gasteiger partial charge < -0.3 is 15.5 Å². The van der Waals surface area contributed by atoms with Crippen LogP contribution < -0.4 is 5.32 Å². The first kappa shape index (κ1) is 17.2. The summed E-state index contributed by atoms with van der Waals surface area (Å²) in [7, 11) is 0. The first-order valence-electron chi connectivity index (χ1n) is 8.03. The number of phenolic OH excluding ortho intramolecular Hbond substituents is 2. The van der Waals surface area contributed by atoms with Crippen LogP contribution in [-0.4, -0.2) is 21.9 Å². The van der Waals surface area contributed by atoms with Crippen molar-refractivity contribution in [3.05, 3.63) is 89.5 Å². The Kier molecular flexibility index (Phi) is 4.99. The monoisotopic (exact) mass is 347 g/mol. The Bertz CT molecular complexity index is 835. The third-order valence-corrected chi connectivity index (χ3v) is 3.90. The molecule has 130 valence electrons. The highest BCUT2D eigenvalue weighted by Crippen LogP contribution is 2.16. The molecule has 0 atom stereocenters. The number of aromatic hydroxyl groups is 2. The fourth-order valence-corrected chi connectivity index (χ4v) is 2.46. The summed E-state index contributed by atoms with van der Waals surface area (Å²) in [5.41, 5.74) is 2.32. The van der Waals surface area contributed by atoms with Crippen molar-refractivity contribution in [3.8, 4) is 11.5 Å². The number of carbonyl (C=O) groups is 2. The van der Waals surface area contributed by atoms with E-state index in [9.17, 15) is 19.8 Å². The number of anilines is 1. The predicted octanol–water partition coefficient (Wildman–Crippen LogP) is 3.78. The third-order valence-electron chi connectivity index (χ3n) is 3.90. The van der Waals surface area contributed by atoms with Crippen LogP contribution in [0.2, 0.25) is 0 Å². The number of rotatable bonds is 5. The van der Waals surface area contributed by atoms with E-state index >= 15 is 0 Å². The molecule has 5 heteroatoms. The largest absolute Gasteiger partial charge is 0.508 e. The van der Waals surface area contributed by atoms with E-state index in [1.165, 1.54) is 12.1 Å². The zero-order valence-corrected chi connectivity index (χ0v) is 13.8. The second-order valence-electron chi connectivity index (χ2n) is 5.84. The fourth-order valence-electron chi connectivity index (χ4n) is 2.46. The van der Waals surface area contributed by atoms with Gasteiger partial charge in [-0.15, -0.1) is 0 Å². The summed E-state index contributed by atoms with van der Waals surface area (Å²) in [5.74, 6) is -0.0842. The van der Waals surface area contributed by atoms with Gasteiger partial charge in [-0.2, -0.15) is 0 Å². The summed E-state index contributed by atoms with van der Waals surface area (Å²) < 4.78 is 0. The van der Waals surface area contributed by atoms with Crippen LogP contribution in [0.3, 0.4) is 0 Å². The van der Waals surface area contributed by atoms with Crippen molar-refractivity contribution in [2.24, 2.45) is 0 Å². The molecule has 0 aliphatic rings. The number of hydrogen-bond donors (Lipinski definition) is 3. The molecule has 0 spiro atoms. The minimum Gasteiger partial charge on any atom is -0.508 e. The standard InChI is InChI=1S/C21H17NO4/c23-18-9-1-14(2-10-18)13-20(25)15-3-5-16(6-4-15)21(26)22-17-7-11-19(24)12-8-17/h1-12,23-24H,13H2,(H,22,26). The zero-order valence-electron chi connectivity index (χ0n) is 13.8. The first-order valence-corrected chi connectivity index (χ1v) is 8.03. The minimum absolute atomic E-state index is 0.0683. The number of benzene rings is 3. The van der Waals surface area contributed by atoms with Crippen molar-refractivity contribution >= 4 is 17.4 Å². The lowest BCUT2D eigenvalue weighted by Gasteiger charge is -2.07. The molecule has 1 amide bonds. The van der Waals surface area contributed by atoms with Crippen LogP contribution in [0.15, 0.2) is 72.8 Å². The molecule has 0 saturated heterocycles. The molecule has 5 nitrogen and oxygen atoms in total. The Morgan fingerprint density at radius 3 is 1.77 bits per heavy atom. The Balaban J connectivity index is 1.65. The molecular formula is C21H17NO4. The smallest absolute Gasteiger partial charge is 0.255 e. The van der Waals surface area contributed by atoms with E-state index in [-0.39, 0.29) is 29.6 Å². The number of carbonyl (C=O) groups excluding carboxylic acids is 2. The summed E-state index contributed by atoms with van der Waals surface area (Å²) in [5, 5.41) is 21.2. The number of ketones is 1. The molecule has 0 saturated carbocycles. The molecule has 3 aromatic carbocycles. The van der Waals surface area contributed by atoms with Gasteiger partial charge in [-0.05, 0) is 54.1 Å². The van der Waals surface area contributed by atoms with Gasteiger partial charge in [0, 0.05) is 23.2 Å². The van der Waals surface area contributed by atoms with Gasteiger partial charge in [0.05, 0.1) is 0 Å². The highest BCUT2D eigenvalue weighted by molar-refractivity contribution is 6.05. The van der Waals surface area contributed by atoms with Crippen molar-refractivity contribution in [1.82, 2.24) is 0 Å². The SMILES string of the molecule is O=C(Cc1ccc(O)cc1)c1ccc(C(=O)Nc2ccc(O)cc2)cc1. The van der Waals surface area contributed by atoms with Crippen molar-refractivity contribution in [3.63, 3.8) is 0 Å². The number of nitrogens with one attached hydrogen (secondary N) is 1. The fraction of sp³-hybridized carbons (Fsp3) is 0.0476. The molecule has 3 aromatic rings. The number of hydrogen-bond acceptors (Lipinski definition) is 4. The predicted molar refractivity (Wildman–Crippen MR) is 98.6 cm³/mol. The molecule has 0 aromatic heterocycles. The summed E-state index contributed by atoms with van der Waals surface area (Å²) in [6.07, 6.45) is 0.222. The van der Waals surface area contributed by atoms with Gasteiger partial charge in [0.15, 0.2) is 5.78 Å². The number of amides is 1. The van der Waals surface area contributed by atoms with E-state index in [1.54, 1.807) is 60.7 Å². The molecule has 0 aliphatic heterocycles. The molecule has 0 fully saturated rings. The van der Waals surface area contributed by atoms with Crippen LogP contribution in [0.4, 0.5) is 5.69 Å². The molecular weight excluding hydrogens is 330 g/mol. The molecule has 0 unspecified atom stereocenters. The van der Waals surface area contributed by atoms with Crippen molar-refractivity contribution in [1.29, 1.82) is 0 Å². The van der Waals surface area contributed by atoms with Crippen molar-refractivity contribution < 1.29 is 19.8 Å². The Labute approximate surface area is 150 Å². The van der Waals surface area contributed by atoms with Crippen LogP contribution in [0.25, 0.3) is 0 Å². The normalized spacial score (nSPS) is 10.3. The molecule has 0 bridgehead atoms. The van der Waals surface area contributed by atoms with Gasteiger partial charge in [-0.3, -0.25) is 9.59 Å². The van der Waals surface area contributed by atoms with E-state index in [4.69, 9.17) is 0 Å². The lowest BCUT2D eigenvalue weighted by molar-refractivity contribution is 0.0989. The lowest BCUT2D eigenvalue weighted by atomic mass is 10.0. The van der Waals surface area contributed by atoms with Crippen LogP contribution >= 0.6 is 0 Å². The molecule has 3 rings (SSSR count). The van der Waals surface area contributed by atoms with Gasteiger partial charge >= 0.3 is 0 Å². The number of Topliss-reactive ketones (excluding diaryl/α,β-unsaturated/α-hetero) is 1. The molecule has 0 aliphatic carbocycles. The second-order valence-corrected chi connectivity index (χ2v) is 5.84. The van der Waals surface area contributed by atoms with E-state index in [1.807, 2.05) is 0 Å². The highest BCUT2D eigenvalue weighted by Gasteiger charge is 2.10. The van der Waals surface area contributed by atoms with E-state index in [0.717, 1.165) is 5.56 Å². The van der Waals surface area contributed by atoms with Gasteiger partial charge in [-0.1, -0.05) is 24.3 Å². The van der Waals surface area contributed by atoms with Crippen LogP contribution in [0, 0.1) is 0 Å².